The van der Waals surface area contributed by atoms with Crippen LogP contribution < -0.4 is 5.32 Å². The third-order valence-corrected chi connectivity index (χ3v) is 7.52. The number of benzene rings is 1. The number of carboxylic acids is 1. The Balaban J connectivity index is 1.53. The van der Waals surface area contributed by atoms with Gasteiger partial charge in [-0.05, 0) is 51.2 Å². The van der Waals surface area contributed by atoms with Crippen LogP contribution in [-0.4, -0.2) is 48.8 Å². The number of aryl methyl sites for hydroxylation is 1. The molecule has 0 unspecified atom stereocenters. The lowest BCUT2D eigenvalue weighted by Gasteiger charge is -2.31. The number of carbonyl (C=O) groups excluding carboxylic acids is 1. The number of nitrogens with one attached hydrogen (secondary N) is 1. The van der Waals surface area contributed by atoms with Crippen LogP contribution in [0.4, 0.5) is 0 Å². The van der Waals surface area contributed by atoms with Gasteiger partial charge in [0.1, 0.15) is 0 Å². The first-order valence-electron chi connectivity index (χ1n) is 9.37. The van der Waals surface area contributed by atoms with Crippen molar-refractivity contribution < 1.29 is 23.1 Å². The molecular weight excluding hydrogens is 368 g/mol. The maximum Gasteiger partial charge on any atom is 0.306 e. The highest BCUT2D eigenvalue weighted by atomic mass is 32.2. The Kier molecular flexibility index (Phi) is 5.86. The largest absolute Gasteiger partial charge is 0.481 e. The molecule has 2 N–H and O–H groups in total. The average Bonchev–Trinajstić information content (AvgIpc) is 3.11. The standard InChI is InChI=1S/C19H26N2O5S/c1-13-2-6-17(7-3-13)27(25,26)21-10-8-14(9-11-21)18(22)20-16-5-4-15(12-16)19(23)24/h2-3,6-7,14-16H,4-5,8-12H2,1H3,(H,20,22)(H,23,24)/t15-,16+/m1/s1. The Hall–Kier alpha value is -1.93. The normalized spacial score (nSPS) is 24.6. The molecule has 148 valence electrons. The molecule has 2 atom stereocenters. The van der Waals surface area contributed by atoms with Crippen LogP contribution in [0.5, 0.6) is 0 Å². The minimum Gasteiger partial charge on any atom is -0.481 e. The second kappa shape index (κ2) is 7.98. The first-order chi connectivity index (χ1) is 12.8. The molecule has 1 saturated carbocycles. The highest BCUT2D eigenvalue weighted by Gasteiger charge is 2.35. The Morgan fingerprint density at radius 3 is 2.22 bits per heavy atom. The summed E-state index contributed by atoms with van der Waals surface area (Å²) < 4.78 is 26.9. The van der Waals surface area contributed by atoms with Crippen LogP contribution in [0, 0.1) is 18.8 Å². The van der Waals surface area contributed by atoms with E-state index in [-0.39, 0.29) is 28.7 Å². The highest BCUT2D eigenvalue weighted by molar-refractivity contribution is 7.89. The van der Waals surface area contributed by atoms with Crippen LogP contribution in [0.3, 0.4) is 0 Å². The Bertz CT molecular complexity index is 798. The minimum atomic E-state index is -3.53. The number of piperidine rings is 1. The summed E-state index contributed by atoms with van der Waals surface area (Å²) in [6, 6.07) is 6.69. The van der Waals surface area contributed by atoms with Crippen LogP contribution in [-0.2, 0) is 19.6 Å². The molecule has 1 aromatic carbocycles. The van der Waals surface area contributed by atoms with Crippen molar-refractivity contribution in [2.45, 2.75) is 50.0 Å². The summed E-state index contributed by atoms with van der Waals surface area (Å²) in [6.45, 7) is 2.54. The molecule has 1 amide bonds. The number of carboxylic acid groups (broad SMARTS) is 1. The number of hydrogen-bond donors (Lipinski definition) is 2. The van der Waals surface area contributed by atoms with Gasteiger partial charge in [-0.2, -0.15) is 4.31 Å². The zero-order valence-electron chi connectivity index (χ0n) is 15.4. The molecule has 2 aliphatic rings. The van der Waals surface area contributed by atoms with Gasteiger partial charge in [0, 0.05) is 25.0 Å². The summed E-state index contributed by atoms with van der Waals surface area (Å²) in [5.41, 5.74) is 1.00. The minimum absolute atomic E-state index is 0.0848. The molecule has 27 heavy (non-hydrogen) atoms. The van der Waals surface area contributed by atoms with Gasteiger partial charge in [0.15, 0.2) is 0 Å². The number of hydrogen-bond acceptors (Lipinski definition) is 4. The lowest BCUT2D eigenvalue weighted by atomic mass is 9.96. The highest BCUT2D eigenvalue weighted by Crippen LogP contribution is 2.28. The molecule has 0 spiro atoms. The molecule has 3 rings (SSSR count). The molecule has 2 fully saturated rings. The van der Waals surface area contributed by atoms with E-state index in [1.165, 1.54) is 4.31 Å². The number of nitrogens with zero attached hydrogens (tertiary/aromatic N) is 1. The SMILES string of the molecule is Cc1ccc(S(=O)(=O)N2CCC(C(=O)N[C@H]3CC[C@@H](C(=O)O)C3)CC2)cc1. The van der Waals surface area contributed by atoms with Gasteiger partial charge in [0.25, 0.3) is 0 Å². The second-order valence-corrected chi connectivity index (χ2v) is 9.48. The molecule has 0 bridgehead atoms. The number of aliphatic carboxylic acids is 1. The van der Waals surface area contributed by atoms with Crippen LogP contribution in [0.2, 0.25) is 0 Å². The topological polar surface area (TPSA) is 104 Å². The van der Waals surface area contributed by atoms with Gasteiger partial charge in [-0.3, -0.25) is 9.59 Å². The quantitative estimate of drug-likeness (QED) is 0.792. The molecule has 0 radical (unpaired) electrons. The van der Waals surface area contributed by atoms with E-state index in [1.54, 1.807) is 24.3 Å². The summed E-state index contributed by atoms with van der Waals surface area (Å²) in [7, 11) is -3.53. The fourth-order valence-electron chi connectivity index (χ4n) is 3.87. The van der Waals surface area contributed by atoms with E-state index < -0.39 is 16.0 Å². The summed E-state index contributed by atoms with van der Waals surface area (Å²) in [4.78, 5) is 23.8. The average molecular weight is 394 g/mol. The van der Waals surface area contributed by atoms with Gasteiger partial charge in [-0.25, -0.2) is 8.42 Å². The van der Waals surface area contributed by atoms with E-state index in [9.17, 15) is 18.0 Å². The van der Waals surface area contributed by atoms with Crippen LogP contribution >= 0.6 is 0 Å². The van der Waals surface area contributed by atoms with E-state index in [1.807, 2.05) is 6.92 Å². The van der Waals surface area contributed by atoms with Crippen molar-refractivity contribution in [2.75, 3.05) is 13.1 Å². The van der Waals surface area contributed by atoms with Crippen molar-refractivity contribution >= 4 is 21.9 Å². The fraction of sp³-hybridized carbons (Fsp3) is 0.579. The van der Waals surface area contributed by atoms with Crippen molar-refractivity contribution in [3.8, 4) is 0 Å². The monoisotopic (exact) mass is 394 g/mol. The number of rotatable bonds is 5. The molecule has 1 aromatic rings. The van der Waals surface area contributed by atoms with E-state index in [4.69, 9.17) is 5.11 Å². The smallest absolute Gasteiger partial charge is 0.306 e. The summed E-state index contributed by atoms with van der Waals surface area (Å²) >= 11 is 0. The number of sulfonamides is 1. The van der Waals surface area contributed by atoms with E-state index in [0.717, 1.165) is 5.56 Å². The predicted octanol–water partition coefficient (Wildman–Crippen LogP) is 1.77. The third kappa shape index (κ3) is 4.50. The van der Waals surface area contributed by atoms with Gasteiger partial charge in [0.05, 0.1) is 10.8 Å². The summed E-state index contributed by atoms with van der Waals surface area (Å²) in [5.74, 6) is -1.49. The van der Waals surface area contributed by atoms with Gasteiger partial charge in [-0.1, -0.05) is 17.7 Å². The van der Waals surface area contributed by atoms with Gasteiger partial charge >= 0.3 is 5.97 Å². The van der Waals surface area contributed by atoms with E-state index in [0.29, 0.717) is 45.2 Å². The molecule has 1 aliphatic carbocycles. The number of amides is 1. The van der Waals surface area contributed by atoms with Crippen LogP contribution in [0.1, 0.15) is 37.7 Å². The Morgan fingerprint density at radius 1 is 1.04 bits per heavy atom. The maximum atomic E-state index is 12.7. The van der Waals surface area contributed by atoms with Crippen molar-refractivity contribution in [3.63, 3.8) is 0 Å². The lowest BCUT2D eigenvalue weighted by Crippen LogP contribution is -2.45. The predicted molar refractivity (Wildman–Crippen MR) is 99.6 cm³/mol. The van der Waals surface area contributed by atoms with Crippen LogP contribution in [0.25, 0.3) is 0 Å². The molecule has 1 heterocycles. The van der Waals surface area contributed by atoms with Crippen molar-refractivity contribution in [3.05, 3.63) is 29.8 Å². The molecular formula is C19H26N2O5S. The van der Waals surface area contributed by atoms with Gasteiger partial charge < -0.3 is 10.4 Å². The lowest BCUT2D eigenvalue weighted by molar-refractivity contribution is -0.141. The summed E-state index contributed by atoms with van der Waals surface area (Å²) in [6.07, 6.45) is 2.70. The maximum absolute atomic E-state index is 12.7. The Labute approximate surface area is 159 Å². The van der Waals surface area contributed by atoms with E-state index >= 15 is 0 Å². The first kappa shape index (κ1) is 19.8. The first-order valence-corrected chi connectivity index (χ1v) is 10.8. The molecule has 1 aliphatic heterocycles. The van der Waals surface area contributed by atoms with Crippen molar-refractivity contribution in [1.82, 2.24) is 9.62 Å². The molecule has 0 aromatic heterocycles. The van der Waals surface area contributed by atoms with Gasteiger partial charge in [0.2, 0.25) is 15.9 Å². The number of carbonyl (C=O) groups is 2. The molecule has 8 heteroatoms. The van der Waals surface area contributed by atoms with Crippen LogP contribution in [0.15, 0.2) is 29.2 Å². The third-order valence-electron chi connectivity index (χ3n) is 5.61. The fourth-order valence-corrected chi connectivity index (χ4v) is 5.34. The molecule has 7 nitrogen and oxygen atoms in total. The summed E-state index contributed by atoms with van der Waals surface area (Å²) in [5, 5.41) is 12.0. The Morgan fingerprint density at radius 2 is 1.67 bits per heavy atom. The zero-order valence-corrected chi connectivity index (χ0v) is 16.2. The molecule has 1 saturated heterocycles. The van der Waals surface area contributed by atoms with Crippen molar-refractivity contribution in [2.24, 2.45) is 11.8 Å². The van der Waals surface area contributed by atoms with E-state index in [2.05, 4.69) is 5.32 Å². The van der Waals surface area contributed by atoms with Gasteiger partial charge in [-0.15, -0.1) is 0 Å². The van der Waals surface area contributed by atoms with Crippen molar-refractivity contribution in [1.29, 1.82) is 0 Å². The zero-order chi connectivity index (χ0) is 19.6. The second-order valence-electron chi connectivity index (χ2n) is 7.55.